The fourth-order valence-electron chi connectivity index (χ4n) is 1.72. The minimum atomic E-state index is -1.15. The van der Waals surface area contributed by atoms with Crippen molar-refractivity contribution in [1.29, 1.82) is 0 Å². The first kappa shape index (κ1) is 8.69. The van der Waals surface area contributed by atoms with Crippen LogP contribution in [0.3, 0.4) is 0 Å². The molecule has 0 spiro atoms. The third-order valence-corrected chi connectivity index (χ3v) is 2.39. The van der Waals surface area contributed by atoms with Crippen molar-refractivity contribution >= 4 is 5.78 Å². The van der Waals surface area contributed by atoms with Crippen molar-refractivity contribution in [2.75, 3.05) is 0 Å². The number of ketones is 1. The Labute approximate surface area is 67.0 Å². The Balaban J connectivity index is 2.33. The van der Waals surface area contributed by atoms with Gasteiger partial charge in [0.2, 0.25) is 0 Å². The van der Waals surface area contributed by atoms with Crippen LogP contribution in [0.2, 0.25) is 0 Å². The Morgan fingerprint density at radius 1 is 1.64 bits per heavy atom. The molecule has 0 aromatic heterocycles. The number of hydrogen-bond donors (Lipinski definition) is 0. The van der Waals surface area contributed by atoms with Crippen molar-refractivity contribution in [2.24, 2.45) is 5.92 Å². The van der Waals surface area contributed by atoms with Crippen molar-refractivity contribution < 1.29 is 9.18 Å². The lowest BCUT2D eigenvalue weighted by Crippen LogP contribution is -2.25. The van der Waals surface area contributed by atoms with Gasteiger partial charge in [0.05, 0.1) is 0 Å². The molecule has 0 bridgehead atoms. The molecule has 64 valence electrons. The van der Waals surface area contributed by atoms with Crippen molar-refractivity contribution in [1.82, 2.24) is 0 Å². The lowest BCUT2D eigenvalue weighted by atomic mass is 9.84. The molecule has 0 N–H and O–H groups in total. The normalized spacial score (nSPS) is 32.4. The Morgan fingerprint density at radius 2 is 2.36 bits per heavy atom. The Bertz CT molecular complexity index is 144. The van der Waals surface area contributed by atoms with Crippen molar-refractivity contribution in [2.45, 2.75) is 45.2 Å². The lowest BCUT2D eigenvalue weighted by Gasteiger charge is -2.22. The summed E-state index contributed by atoms with van der Waals surface area (Å²) >= 11 is 0. The summed E-state index contributed by atoms with van der Waals surface area (Å²) < 4.78 is 12.8. The molecule has 0 aromatic rings. The molecule has 1 aliphatic rings. The molecule has 0 saturated heterocycles. The van der Waals surface area contributed by atoms with Gasteiger partial charge in [0.15, 0.2) is 12.0 Å². The van der Waals surface area contributed by atoms with Gasteiger partial charge in [-0.15, -0.1) is 0 Å². The van der Waals surface area contributed by atoms with Crippen LogP contribution >= 0.6 is 0 Å². The number of carbonyl (C=O) groups is 1. The molecule has 1 nitrogen and oxygen atoms in total. The number of Topliss-reactive ketones (excluding diaryl/α,β-unsaturated/α-hetero) is 1. The molecule has 1 rings (SSSR count). The molecule has 0 heterocycles. The average molecular weight is 158 g/mol. The van der Waals surface area contributed by atoms with Gasteiger partial charge in [-0.05, 0) is 18.8 Å². The molecule has 0 radical (unpaired) electrons. The summed E-state index contributed by atoms with van der Waals surface area (Å²) in [6, 6.07) is 0. The van der Waals surface area contributed by atoms with Crippen molar-refractivity contribution in [3.05, 3.63) is 0 Å². The summed E-state index contributed by atoms with van der Waals surface area (Å²) in [6.07, 6.45) is 2.88. The number of halogens is 1. The molecule has 11 heavy (non-hydrogen) atoms. The highest BCUT2D eigenvalue weighted by molar-refractivity contribution is 5.83. The smallest absolute Gasteiger partial charge is 0.166 e. The van der Waals surface area contributed by atoms with Gasteiger partial charge in [-0.25, -0.2) is 4.39 Å². The maximum absolute atomic E-state index is 12.8. The van der Waals surface area contributed by atoms with E-state index in [9.17, 15) is 9.18 Å². The quantitative estimate of drug-likeness (QED) is 0.603. The van der Waals surface area contributed by atoms with Crippen LogP contribution in [0.4, 0.5) is 4.39 Å². The first-order chi connectivity index (χ1) is 5.24. The van der Waals surface area contributed by atoms with Crippen LogP contribution in [0.1, 0.15) is 39.0 Å². The van der Waals surface area contributed by atoms with E-state index in [-0.39, 0.29) is 5.78 Å². The van der Waals surface area contributed by atoms with Crippen LogP contribution in [0.5, 0.6) is 0 Å². The van der Waals surface area contributed by atoms with E-state index in [1.807, 2.05) is 0 Å². The highest BCUT2D eigenvalue weighted by atomic mass is 19.1. The fourth-order valence-corrected chi connectivity index (χ4v) is 1.72. The van der Waals surface area contributed by atoms with Crippen LogP contribution in [0, 0.1) is 5.92 Å². The predicted molar refractivity (Wildman–Crippen MR) is 42.2 cm³/mol. The van der Waals surface area contributed by atoms with E-state index in [0.29, 0.717) is 18.8 Å². The Hall–Kier alpha value is -0.400. The van der Waals surface area contributed by atoms with Gasteiger partial charge >= 0.3 is 0 Å². The fraction of sp³-hybridized carbons (Fsp3) is 0.889. The SMILES string of the molecule is CCCC1CCC(=O)C(F)C1. The highest BCUT2D eigenvalue weighted by Gasteiger charge is 2.27. The maximum atomic E-state index is 12.8. The predicted octanol–water partition coefficient (Wildman–Crippen LogP) is 2.49. The second-order valence-corrected chi connectivity index (χ2v) is 3.36. The molecule has 1 fully saturated rings. The second-order valence-electron chi connectivity index (χ2n) is 3.36. The molecule has 2 atom stereocenters. The number of alkyl halides is 1. The summed E-state index contributed by atoms with van der Waals surface area (Å²) in [7, 11) is 0. The zero-order chi connectivity index (χ0) is 8.27. The maximum Gasteiger partial charge on any atom is 0.166 e. The number of carbonyl (C=O) groups excluding carboxylic acids is 1. The molecule has 2 heteroatoms. The molecule has 2 unspecified atom stereocenters. The van der Waals surface area contributed by atoms with Gasteiger partial charge in [0.25, 0.3) is 0 Å². The van der Waals surface area contributed by atoms with Gasteiger partial charge < -0.3 is 0 Å². The summed E-state index contributed by atoms with van der Waals surface area (Å²) in [5.74, 6) is 0.282. The van der Waals surface area contributed by atoms with E-state index in [0.717, 1.165) is 19.3 Å². The van der Waals surface area contributed by atoms with E-state index in [1.165, 1.54) is 0 Å². The summed E-state index contributed by atoms with van der Waals surface area (Å²) in [5, 5.41) is 0. The third kappa shape index (κ3) is 2.28. The first-order valence-corrected chi connectivity index (χ1v) is 4.40. The minimum Gasteiger partial charge on any atom is -0.296 e. The third-order valence-electron chi connectivity index (χ3n) is 2.39. The Kier molecular flexibility index (Phi) is 3.03. The second kappa shape index (κ2) is 3.84. The van der Waals surface area contributed by atoms with Gasteiger partial charge in [-0.3, -0.25) is 4.79 Å². The van der Waals surface area contributed by atoms with Gasteiger partial charge in [-0.1, -0.05) is 19.8 Å². The summed E-state index contributed by atoms with van der Waals surface area (Å²) in [5.41, 5.74) is 0. The minimum absolute atomic E-state index is 0.183. The standard InChI is InChI=1S/C9H15FO/c1-2-3-7-4-5-9(11)8(10)6-7/h7-8H,2-6H2,1H3. The average Bonchev–Trinajstić information content (AvgIpc) is 1.98. The van der Waals surface area contributed by atoms with Crippen LogP contribution in [0.15, 0.2) is 0 Å². The summed E-state index contributed by atoms with van der Waals surface area (Å²) in [6.45, 7) is 2.10. The van der Waals surface area contributed by atoms with E-state index in [2.05, 4.69) is 6.92 Å². The van der Waals surface area contributed by atoms with Crippen molar-refractivity contribution in [3.8, 4) is 0 Å². The van der Waals surface area contributed by atoms with E-state index >= 15 is 0 Å². The first-order valence-electron chi connectivity index (χ1n) is 4.40. The molecule has 0 aliphatic heterocycles. The van der Waals surface area contributed by atoms with E-state index < -0.39 is 6.17 Å². The van der Waals surface area contributed by atoms with E-state index in [4.69, 9.17) is 0 Å². The van der Waals surface area contributed by atoms with Crippen LogP contribution in [0.25, 0.3) is 0 Å². The van der Waals surface area contributed by atoms with Crippen molar-refractivity contribution in [3.63, 3.8) is 0 Å². The molecule has 1 aliphatic carbocycles. The van der Waals surface area contributed by atoms with Crippen LogP contribution in [-0.2, 0) is 4.79 Å². The monoisotopic (exact) mass is 158 g/mol. The molecule has 0 amide bonds. The van der Waals surface area contributed by atoms with Gasteiger partial charge in [0, 0.05) is 6.42 Å². The van der Waals surface area contributed by atoms with Gasteiger partial charge in [0.1, 0.15) is 0 Å². The molecular weight excluding hydrogens is 143 g/mol. The zero-order valence-electron chi connectivity index (χ0n) is 6.98. The van der Waals surface area contributed by atoms with Crippen LogP contribution in [-0.4, -0.2) is 12.0 Å². The number of hydrogen-bond acceptors (Lipinski definition) is 1. The number of rotatable bonds is 2. The Morgan fingerprint density at radius 3 is 2.91 bits per heavy atom. The van der Waals surface area contributed by atoms with E-state index in [1.54, 1.807) is 0 Å². The zero-order valence-corrected chi connectivity index (χ0v) is 6.98. The largest absolute Gasteiger partial charge is 0.296 e. The topological polar surface area (TPSA) is 17.1 Å². The molecular formula is C9H15FO. The highest BCUT2D eigenvalue weighted by Crippen LogP contribution is 2.27. The summed E-state index contributed by atoms with van der Waals surface area (Å²) in [4.78, 5) is 10.8. The van der Waals surface area contributed by atoms with Crippen LogP contribution < -0.4 is 0 Å². The lowest BCUT2D eigenvalue weighted by molar-refractivity contribution is -0.126. The van der Waals surface area contributed by atoms with Gasteiger partial charge in [-0.2, -0.15) is 0 Å². The molecule has 0 aromatic carbocycles. The molecule has 1 saturated carbocycles.